The Kier molecular flexibility index (Phi) is 4.08. The maximum absolute atomic E-state index is 12.2. The average Bonchev–Trinajstić information content (AvgIpc) is 2.42. The van der Waals surface area contributed by atoms with Gasteiger partial charge in [-0.1, -0.05) is 18.2 Å². The van der Waals surface area contributed by atoms with Crippen LogP contribution >= 0.6 is 0 Å². The van der Waals surface area contributed by atoms with Crippen molar-refractivity contribution in [3.8, 4) is 0 Å². The molecule has 0 atom stereocenters. The van der Waals surface area contributed by atoms with Gasteiger partial charge in [-0.05, 0) is 12.1 Å². The molecular weight excluding hydrogens is 220 g/mol. The van der Waals surface area contributed by atoms with Crippen molar-refractivity contribution < 1.29 is 14.4 Å². The number of carbonyl (C=O) groups excluding carboxylic acids is 1. The third-order valence-corrected chi connectivity index (χ3v) is 2.61. The number of nitrogens with zero attached hydrogens (tertiary/aromatic N) is 2. The van der Waals surface area contributed by atoms with Gasteiger partial charge in [0.25, 0.3) is 5.91 Å². The summed E-state index contributed by atoms with van der Waals surface area (Å²) in [5.74, 6) is -0.157. The lowest BCUT2D eigenvalue weighted by Gasteiger charge is -2.34. The number of hydrogen-bond acceptors (Lipinski definition) is 4. The molecule has 1 aliphatic heterocycles. The third-order valence-electron chi connectivity index (χ3n) is 2.61. The van der Waals surface area contributed by atoms with Gasteiger partial charge in [-0.3, -0.25) is 9.63 Å². The van der Waals surface area contributed by atoms with Crippen LogP contribution in [0.15, 0.2) is 30.3 Å². The fraction of sp³-hybridized carbons (Fsp3) is 0.417. The second kappa shape index (κ2) is 5.77. The van der Waals surface area contributed by atoms with Gasteiger partial charge in [0.05, 0.1) is 20.3 Å². The summed E-state index contributed by atoms with van der Waals surface area (Å²) in [6.07, 6.45) is 0. The van der Waals surface area contributed by atoms with Gasteiger partial charge in [-0.15, -0.1) is 5.17 Å². The average molecular weight is 236 g/mol. The van der Waals surface area contributed by atoms with Gasteiger partial charge in [0, 0.05) is 18.7 Å². The summed E-state index contributed by atoms with van der Waals surface area (Å²) in [6, 6.07) is 9.09. The Bertz CT molecular complexity index is 363. The van der Waals surface area contributed by atoms with E-state index in [2.05, 4.69) is 0 Å². The summed E-state index contributed by atoms with van der Waals surface area (Å²) in [4.78, 5) is 17.4. The molecule has 1 amide bonds. The number of hydrogen-bond donors (Lipinski definition) is 0. The van der Waals surface area contributed by atoms with Crippen LogP contribution in [0.25, 0.3) is 0 Å². The Morgan fingerprint density at radius 2 is 1.94 bits per heavy atom. The molecule has 1 aromatic carbocycles. The monoisotopic (exact) mass is 236 g/mol. The van der Waals surface area contributed by atoms with Crippen molar-refractivity contribution in [2.45, 2.75) is 0 Å². The highest BCUT2D eigenvalue weighted by Crippen LogP contribution is 2.09. The molecule has 1 saturated heterocycles. The zero-order valence-corrected chi connectivity index (χ0v) is 9.83. The Balaban J connectivity index is 2.09. The number of hydroxylamine groups is 1. The van der Waals surface area contributed by atoms with Gasteiger partial charge >= 0.3 is 0 Å². The Morgan fingerprint density at radius 3 is 2.53 bits per heavy atom. The summed E-state index contributed by atoms with van der Waals surface area (Å²) in [5, 5.41) is 3.15. The van der Waals surface area contributed by atoms with E-state index in [0.29, 0.717) is 31.9 Å². The molecular formula is C12H16N2O3. The van der Waals surface area contributed by atoms with Gasteiger partial charge in [-0.25, -0.2) is 0 Å². The highest BCUT2D eigenvalue weighted by atomic mass is 16.7. The molecule has 1 heterocycles. The van der Waals surface area contributed by atoms with E-state index in [1.807, 2.05) is 23.2 Å². The van der Waals surface area contributed by atoms with Crippen molar-refractivity contribution in [2.24, 2.45) is 0 Å². The van der Waals surface area contributed by atoms with E-state index in [9.17, 15) is 4.79 Å². The second-order valence-corrected chi connectivity index (χ2v) is 3.69. The normalized spacial score (nSPS) is 16.8. The van der Waals surface area contributed by atoms with Gasteiger partial charge in [-0.2, -0.15) is 5.01 Å². The molecule has 1 aliphatic rings. The molecule has 5 nitrogen and oxygen atoms in total. The number of amides is 1. The van der Waals surface area contributed by atoms with Crippen LogP contribution in [-0.4, -0.2) is 49.5 Å². The number of hydrazine groups is 1. The molecule has 0 aromatic heterocycles. The quantitative estimate of drug-likeness (QED) is 0.732. The molecule has 0 bridgehead atoms. The fourth-order valence-electron chi connectivity index (χ4n) is 1.75. The van der Waals surface area contributed by atoms with Crippen LogP contribution in [-0.2, 0) is 9.57 Å². The number of rotatable bonds is 3. The van der Waals surface area contributed by atoms with E-state index in [4.69, 9.17) is 9.57 Å². The lowest BCUT2D eigenvalue weighted by atomic mass is 10.2. The van der Waals surface area contributed by atoms with Crippen LogP contribution in [0, 0.1) is 0 Å². The van der Waals surface area contributed by atoms with Crippen LogP contribution in [0.4, 0.5) is 0 Å². The summed E-state index contributed by atoms with van der Waals surface area (Å²) in [7, 11) is 1.50. The minimum absolute atomic E-state index is 0.157. The Hall–Kier alpha value is -1.43. The molecule has 0 aliphatic carbocycles. The van der Waals surface area contributed by atoms with Crippen LogP contribution in [0.2, 0.25) is 0 Å². The first-order valence-electron chi connectivity index (χ1n) is 5.59. The Labute approximate surface area is 100 Å². The van der Waals surface area contributed by atoms with Crippen LogP contribution in [0.5, 0.6) is 0 Å². The second-order valence-electron chi connectivity index (χ2n) is 3.69. The maximum Gasteiger partial charge on any atom is 0.292 e. The molecule has 17 heavy (non-hydrogen) atoms. The minimum Gasteiger partial charge on any atom is -0.379 e. The molecule has 1 aromatic rings. The zero-order chi connectivity index (χ0) is 12.1. The van der Waals surface area contributed by atoms with E-state index >= 15 is 0 Å². The smallest absolute Gasteiger partial charge is 0.292 e. The Morgan fingerprint density at radius 1 is 1.29 bits per heavy atom. The van der Waals surface area contributed by atoms with E-state index in [0.717, 1.165) is 0 Å². The number of morpholine rings is 1. The molecule has 0 radical (unpaired) electrons. The zero-order valence-electron chi connectivity index (χ0n) is 9.83. The summed E-state index contributed by atoms with van der Waals surface area (Å²) < 4.78 is 5.24. The molecule has 0 N–H and O–H groups in total. The lowest BCUT2D eigenvalue weighted by Crippen LogP contribution is -2.50. The highest BCUT2D eigenvalue weighted by Gasteiger charge is 2.24. The van der Waals surface area contributed by atoms with Crippen molar-refractivity contribution in [1.29, 1.82) is 0 Å². The van der Waals surface area contributed by atoms with Crippen molar-refractivity contribution in [2.75, 3.05) is 33.4 Å². The summed E-state index contributed by atoms with van der Waals surface area (Å²) in [5.41, 5.74) is 0.612. The first-order valence-corrected chi connectivity index (χ1v) is 5.59. The molecule has 2 rings (SSSR count). The molecule has 5 heteroatoms. The van der Waals surface area contributed by atoms with Gasteiger partial charge in [0.2, 0.25) is 0 Å². The predicted octanol–water partition coefficient (Wildman–Crippen LogP) is 0.937. The predicted molar refractivity (Wildman–Crippen MR) is 62.0 cm³/mol. The topological polar surface area (TPSA) is 42.0 Å². The molecule has 1 fully saturated rings. The van der Waals surface area contributed by atoms with Crippen molar-refractivity contribution in [1.82, 2.24) is 10.2 Å². The summed E-state index contributed by atoms with van der Waals surface area (Å²) >= 11 is 0. The van der Waals surface area contributed by atoms with E-state index in [1.54, 1.807) is 12.1 Å². The van der Waals surface area contributed by atoms with E-state index < -0.39 is 0 Å². The molecule has 0 spiro atoms. The SMILES string of the molecule is CON(C(=O)c1ccccc1)N1CCOCC1. The van der Waals surface area contributed by atoms with Gasteiger partial charge in [0.1, 0.15) is 0 Å². The van der Waals surface area contributed by atoms with Crippen molar-refractivity contribution >= 4 is 5.91 Å². The van der Waals surface area contributed by atoms with Crippen LogP contribution in [0.3, 0.4) is 0 Å². The standard InChI is InChI=1S/C12H16N2O3/c1-16-14(13-7-9-17-10-8-13)12(15)11-5-3-2-4-6-11/h2-6H,7-10H2,1H3. The van der Waals surface area contributed by atoms with Crippen molar-refractivity contribution in [3.63, 3.8) is 0 Å². The molecule has 0 saturated carbocycles. The third kappa shape index (κ3) is 2.82. The molecule has 92 valence electrons. The van der Waals surface area contributed by atoms with Gasteiger partial charge < -0.3 is 4.74 Å². The maximum atomic E-state index is 12.2. The largest absolute Gasteiger partial charge is 0.379 e. The first kappa shape index (κ1) is 12.0. The lowest BCUT2D eigenvalue weighted by molar-refractivity contribution is -0.242. The highest BCUT2D eigenvalue weighted by molar-refractivity contribution is 5.93. The van der Waals surface area contributed by atoms with E-state index in [1.165, 1.54) is 12.3 Å². The molecule has 0 unspecified atom stereocenters. The summed E-state index contributed by atoms with van der Waals surface area (Å²) in [6.45, 7) is 2.54. The van der Waals surface area contributed by atoms with Crippen molar-refractivity contribution in [3.05, 3.63) is 35.9 Å². The van der Waals surface area contributed by atoms with Gasteiger partial charge in [0.15, 0.2) is 0 Å². The number of benzene rings is 1. The minimum atomic E-state index is -0.157. The number of ether oxygens (including phenoxy) is 1. The van der Waals surface area contributed by atoms with E-state index in [-0.39, 0.29) is 5.91 Å². The first-order chi connectivity index (χ1) is 8.33. The van der Waals surface area contributed by atoms with Crippen LogP contribution < -0.4 is 0 Å². The van der Waals surface area contributed by atoms with Crippen LogP contribution in [0.1, 0.15) is 10.4 Å². The number of carbonyl (C=O) groups is 1. The fourth-order valence-corrected chi connectivity index (χ4v) is 1.75.